The molecule has 19 heavy (non-hydrogen) atoms. The third-order valence-corrected chi connectivity index (χ3v) is 3.19. The number of nitrogens with zero attached hydrogens (tertiary/aromatic N) is 1. The van der Waals surface area contributed by atoms with E-state index in [0.717, 1.165) is 16.9 Å². The Morgan fingerprint density at radius 2 is 1.95 bits per heavy atom. The van der Waals surface area contributed by atoms with Gasteiger partial charge in [0.2, 0.25) is 0 Å². The molecule has 0 aliphatic rings. The van der Waals surface area contributed by atoms with Crippen LogP contribution in [0.3, 0.4) is 0 Å². The molecule has 0 bridgehead atoms. The predicted molar refractivity (Wildman–Crippen MR) is 93.8 cm³/mol. The van der Waals surface area contributed by atoms with Gasteiger partial charge in [0.15, 0.2) is 0 Å². The minimum atomic E-state index is 0. The predicted octanol–water partition coefficient (Wildman–Crippen LogP) is 4.00. The molecule has 2 N–H and O–H groups in total. The van der Waals surface area contributed by atoms with Gasteiger partial charge in [0.1, 0.15) is 0 Å². The highest BCUT2D eigenvalue weighted by atomic mass is 127. The molecule has 0 radical (unpaired) electrons. The Labute approximate surface area is 134 Å². The van der Waals surface area contributed by atoms with Crippen molar-refractivity contribution in [1.29, 1.82) is 5.41 Å². The molecular weight excluding hydrogens is 369 g/mol. The molecule has 0 aliphatic heterocycles. The van der Waals surface area contributed by atoms with Gasteiger partial charge < -0.3 is 5.32 Å². The van der Waals surface area contributed by atoms with E-state index < -0.39 is 0 Å². The fraction of sp³-hybridized carbons (Fsp3) is 0.143. The largest absolute Gasteiger partial charge is 0.379 e. The maximum absolute atomic E-state index is 7.72. The molecule has 5 heteroatoms. The Bertz CT molecular complexity index is 514. The Kier molecular flexibility index (Phi) is 6.86. The maximum atomic E-state index is 7.72. The maximum Gasteiger partial charge on any atom is 0.0939 e. The molecule has 2 aromatic rings. The van der Waals surface area contributed by atoms with Crippen LogP contribution >= 0.6 is 35.7 Å². The molecule has 3 nitrogen and oxygen atoms in total. The number of pyridine rings is 1. The van der Waals surface area contributed by atoms with Crippen LogP contribution in [0.5, 0.6) is 0 Å². The van der Waals surface area contributed by atoms with Gasteiger partial charge in [-0.05, 0) is 30.5 Å². The van der Waals surface area contributed by atoms with Gasteiger partial charge in [-0.25, -0.2) is 0 Å². The summed E-state index contributed by atoms with van der Waals surface area (Å²) in [4.78, 5) is 4.25. The summed E-state index contributed by atoms with van der Waals surface area (Å²) in [6, 6.07) is 13.8. The highest BCUT2D eigenvalue weighted by Gasteiger charge is 1.99. The lowest BCUT2D eigenvalue weighted by Gasteiger charge is -2.07. The summed E-state index contributed by atoms with van der Waals surface area (Å²) in [5, 5.41) is 11.6. The Morgan fingerprint density at radius 1 is 1.21 bits per heavy atom. The van der Waals surface area contributed by atoms with Crippen LogP contribution in [0.1, 0.15) is 11.3 Å². The van der Waals surface area contributed by atoms with Gasteiger partial charge in [-0.3, -0.25) is 10.4 Å². The van der Waals surface area contributed by atoms with E-state index in [9.17, 15) is 0 Å². The van der Waals surface area contributed by atoms with Crippen molar-refractivity contribution in [1.82, 2.24) is 4.98 Å². The number of hydrogen-bond donors (Lipinski definition) is 2. The summed E-state index contributed by atoms with van der Waals surface area (Å²) in [5.74, 6) is 0. The number of benzene rings is 1. The minimum absolute atomic E-state index is 0. The van der Waals surface area contributed by atoms with Crippen molar-refractivity contribution in [3.8, 4) is 0 Å². The molecule has 0 saturated carbocycles. The van der Waals surface area contributed by atoms with Gasteiger partial charge in [0.25, 0.3) is 0 Å². The van der Waals surface area contributed by atoms with Crippen molar-refractivity contribution >= 4 is 46.5 Å². The number of nitrogens with one attached hydrogen (secondary N) is 2. The molecule has 0 aliphatic carbocycles. The van der Waals surface area contributed by atoms with Crippen LogP contribution in [0.15, 0.2) is 48.7 Å². The second-order valence-corrected chi connectivity index (χ2v) is 4.60. The van der Waals surface area contributed by atoms with Gasteiger partial charge in [-0.15, -0.1) is 35.7 Å². The van der Waals surface area contributed by atoms with Gasteiger partial charge in [-0.2, -0.15) is 0 Å². The van der Waals surface area contributed by atoms with Crippen LogP contribution in [0.4, 0.5) is 5.69 Å². The summed E-state index contributed by atoms with van der Waals surface area (Å²) in [5.41, 5.74) is 3.00. The topological polar surface area (TPSA) is 48.8 Å². The normalized spacial score (nSPS) is 9.53. The summed E-state index contributed by atoms with van der Waals surface area (Å²) in [6.45, 7) is 0.708. The van der Waals surface area contributed by atoms with Crippen molar-refractivity contribution in [3.63, 3.8) is 0 Å². The quantitative estimate of drug-likeness (QED) is 0.475. The Morgan fingerprint density at radius 3 is 2.53 bits per heavy atom. The molecule has 0 atom stereocenters. The molecule has 0 amide bonds. The third-order valence-electron chi connectivity index (χ3n) is 2.55. The van der Waals surface area contributed by atoms with E-state index in [1.54, 1.807) is 6.20 Å². The van der Waals surface area contributed by atoms with Gasteiger partial charge in [0, 0.05) is 17.4 Å². The molecule has 0 fully saturated rings. The highest BCUT2D eigenvalue weighted by Crippen LogP contribution is 2.14. The average molecular weight is 385 g/mol. The molecule has 0 unspecified atom stereocenters. The van der Waals surface area contributed by atoms with Crippen molar-refractivity contribution in [2.24, 2.45) is 0 Å². The smallest absolute Gasteiger partial charge is 0.0939 e. The van der Waals surface area contributed by atoms with Crippen LogP contribution < -0.4 is 5.32 Å². The van der Waals surface area contributed by atoms with Crippen molar-refractivity contribution in [2.45, 2.75) is 6.54 Å². The Balaban J connectivity index is 0.00000180. The highest BCUT2D eigenvalue weighted by molar-refractivity contribution is 14.0. The SMILES string of the molecule is CSC(=N)c1ccc(NCc2ccccn2)cc1.I. The average Bonchev–Trinajstić information content (AvgIpc) is 2.46. The van der Waals surface area contributed by atoms with Gasteiger partial charge >= 0.3 is 0 Å². The lowest BCUT2D eigenvalue weighted by atomic mass is 10.2. The van der Waals surface area contributed by atoms with E-state index in [-0.39, 0.29) is 24.0 Å². The number of aromatic nitrogens is 1. The fourth-order valence-corrected chi connectivity index (χ4v) is 1.92. The summed E-state index contributed by atoms with van der Waals surface area (Å²) in [6.07, 6.45) is 3.70. The first kappa shape index (κ1) is 16.0. The zero-order chi connectivity index (χ0) is 12.8. The van der Waals surface area contributed by atoms with Gasteiger partial charge in [-0.1, -0.05) is 18.2 Å². The molecule has 100 valence electrons. The second kappa shape index (κ2) is 8.16. The van der Waals surface area contributed by atoms with E-state index in [0.29, 0.717) is 11.6 Å². The molecule has 1 aromatic heterocycles. The van der Waals surface area contributed by atoms with Crippen LogP contribution in [0.2, 0.25) is 0 Å². The Hall–Kier alpha value is -1.08. The third kappa shape index (κ3) is 4.83. The first-order valence-corrected chi connectivity index (χ1v) is 6.89. The summed E-state index contributed by atoms with van der Waals surface area (Å²) < 4.78 is 0. The van der Waals surface area contributed by atoms with Crippen LogP contribution in [0, 0.1) is 5.41 Å². The standard InChI is InChI=1S/C14H15N3S.HI/c1-18-14(15)11-5-7-12(8-6-11)17-10-13-4-2-3-9-16-13;/h2-9,15,17H,10H2,1H3;1H. The fourth-order valence-electron chi connectivity index (χ4n) is 1.55. The molecule has 0 spiro atoms. The molecule has 1 aromatic carbocycles. The monoisotopic (exact) mass is 385 g/mol. The van der Waals surface area contributed by atoms with E-state index in [1.165, 1.54) is 11.8 Å². The van der Waals surface area contributed by atoms with E-state index in [2.05, 4.69) is 10.3 Å². The molecule has 1 heterocycles. The molecular formula is C14H16IN3S. The lowest BCUT2D eigenvalue weighted by molar-refractivity contribution is 1.05. The van der Waals surface area contributed by atoms with Crippen molar-refractivity contribution in [3.05, 3.63) is 59.9 Å². The van der Waals surface area contributed by atoms with Crippen LogP contribution in [-0.2, 0) is 6.54 Å². The van der Waals surface area contributed by atoms with E-state index >= 15 is 0 Å². The number of hydrogen-bond acceptors (Lipinski definition) is 4. The van der Waals surface area contributed by atoms with Crippen molar-refractivity contribution < 1.29 is 0 Å². The molecule has 0 saturated heterocycles. The number of rotatable bonds is 4. The van der Waals surface area contributed by atoms with Crippen LogP contribution in [0.25, 0.3) is 0 Å². The first-order chi connectivity index (χ1) is 8.79. The minimum Gasteiger partial charge on any atom is -0.379 e. The second-order valence-electron chi connectivity index (χ2n) is 3.79. The van der Waals surface area contributed by atoms with Crippen LogP contribution in [-0.4, -0.2) is 16.3 Å². The zero-order valence-electron chi connectivity index (χ0n) is 10.6. The molecule has 2 rings (SSSR count). The summed E-state index contributed by atoms with van der Waals surface area (Å²) in [7, 11) is 0. The number of thioether (sulfide) groups is 1. The zero-order valence-corrected chi connectivity index (χ0v) is 13.7. The summed E-state index contributed by atoms with van der Waals surface area (Å²) >= 11 is 1.45. The number of anilines is 1. The van der Waals surface area contributed by atoms with Gasteiger partial charge in [0.05, 0.1) is 17.3 Å². The lowest BCUT2D eigenvalue weighted by Crippen LogP contribution is -2.01. The van der Waals surface area contributed by atoms with E-state index in [4.69, 9.17) is 5.41 Å². The van der Waals surface area contributed by atoms with Crippen molar-refractivity contribution in [2.75, 3.05) is 11.6 Å². The number of halogens is 1. The van der Waals surface area contributed by atoms with E-state index in [1.807, 2.05) is 48.7 Å². The first-order valence-electron chi connectivity index (χ1n) is 5.66.